The molecule has 7 heteroatoms. The van der Waals surface area contributed by atoms with Gasteiger partial charge in [-0.2, -0.15) is 0 Å². The largest absolute Gasteiger partial charge is 0.270 e. The van der Waals surface area contributed by atoms with Crippen LogP contribution in [-0.4, -0.2) is 14.8 Å². The first-order valence-electron chi connectivity index (χ1n) is 8.46. The molecule has 0 aliphatic carbocycles. The summed E-state index contributed by atoms with van der Waals surface area (Å²) in [6, 6.07) is 23.1. The van der Waals surface area contributed by atoms with E-state index >= 15 is 0 Å². The van der Waals surface area contributed by atoms with Gasteiger partial charge in [0, 0.05) is 27.0 Å². The Labute approximate surface area is 182 Å². The van der Waals surface area contributed by atoms with Crippen LogP contribution in [0.5, 0.6) is 0 Å². The average molecular weight is 447 g/mol. The predicted octanol–water partition coefficient (Wildman–Crippen LogP) is 7.19. The van der Waals surface area contributed by atoms with Gasteiger partial charge in [-0.15, -0.1) is 10.2 Å². The van der Waals surface area contributed by atoms with Gasteiger partial charge in [0.1, 0.15) is 0 Å². The molecule has 0 radical (unpaired) electrons. The molecule has 0 atom stereocenters. The summed E-state index contributed by atoms with van der Waals surface area (Å²) in [5, 5.41) is 11.5. The highest BCUT2D eigenvalue weighted by molar-refractivity contribution is 7.98. The molecule has 140 valence electrons. The van der Waals surface area contributed by atoms with Gasteiger partial charge in [-0.1, -0.05) is 83.0 Å². The number of nitrogens with zero attached hydrogens (tertiary/aromatic N) is 3. The lowest BCUT2D eigenvalue weighted by Crippen LogP contribution is -2.00. The third-order valence-electron chi connectivity index (χ3n) is 4.17. The van der Waals surface area contributed by atoms with E-state index in [1.165, 1.54) is 11.8 Å². The van der Waals surface area contributed by atoms with Gasteiger partial charge in [0.15, 0.2) is 11.0 Å². The van der Waals surface area contributed by atoms with Crippen molar-refractivity contribution in [1.82, 2.24) is 14.8 Å². The molecule has 0 N–H and O–H groups in total. The van der Waals surface area contributed by atoms with Crippen LogP contribution < -0.4 is 0 Å². The standard InChI is InChI=1S/C21H14Cl3N3S/c22-17-10-5-4-9-15(17)20-25-26-21(27(20)14-7-2-1-3-8-14)28-13-16-18(23)11-6-12-19(16)24/h1-12H,13H2. The van der Waals surface area contributed by atoms with E-state index in [-0.39, 0.29) is 0 Å². The molecule has 1 aromatic heterocycles. The SMILES string of the molecule is Clc1ccccc1-c1nnc(SCc2c(Cl)cccc2Cl)n1-c1ccccc1. The number of rotatable bonds is 5. The molecule has 0 fully saturated rings. The lowest BCUT2D eigenvalue weighted by molar-refractivity contribution is 0.886. The summed E-state index contributed by atoms with van der Waals surface area (Å²) < 4.78 is 2.00. The first-order valence-corrected chi connectivity index (χ1v) is 10.6. The molecule has 3 nitrogen and oxygen atoms in total. The van der Waals surface area contributed by atoms with Gasteiger partial charge >= 0.3 is 0 Å². The molecule has 3 aromatic carbocycles. The van der Waals surface area contributed by atoms with Gasteiger partial charge in [0.25, 0.3) is 0 Å². The second-order valence-corrected chi connectivity index (χ2v) is 8.11. The van der Waals surface area contributed by atoms with E-state index in [1.54, 1.807) is 0 Å². The van der Waals surface area contributed by atoms with Crippen LogP contribution in [0.25, 0.3) is 17.1 Å². The molecule has 0 aliphatic heterocycles. The topological polar surface area (TPSA) is 30.7 Å². The molecule has 0 aliphatic rings. The molecule has 4 aromatic rings. The van der Waals surface area contributed by atoms with Crippen molar-refractivity contribution >= 4 is 46.6 Å². The monoisotopic (exact) mass is 445 g/mol. The van der Waals surface area contributed by atoms with Crippen molar-refractivity contribution in [1.29, 1.82) is 0 Å². The first kappa shape index (κ1) is 19.3. The molecular formula is C21H14Cl3N3S. The molecule has 28 heavy (non-hydrogen) atoms. The van der Waals surface area contributed by atoms with Crippen LogP contribution in [0.1, 0.15) is 5.56 Å². The van der Waals surface area contributed by atoms with Gasteiger partial charge in [0.05, 0.1) is 5.02 Å². The molecule has 0 unspecified atom stereocenters. The number of halogens is 3. The minimum atomic E-state index is 0.575. The zero-order valence-electron chi connectivity index (χ0n) is 14.5. The van der Waals surface area contributed by atoms with Crippen molar-refractivity contribution in [2.24, 2.45) is 0 Å². The molecule has 0 spiro atoms. The van der Waals surface area contributed by atoms with Crippen LogP contribution in [-0.2, 0) is 5.75 Å². The van der Waals surface area contributed by atoms with Crippen molar-refractivity contribution in [2.45, 2.75) is 10.9 Å². The van der Waals surface area contributed by atoms with E-state index < -0.39 is 0 Å². The molecule has 1 heterocycles. The summed E-state index contributed by atoms with van der Waals surface area (Å²) >= 11 is 20.6. The van der Waals surface area contributed by atoms with Crippen molar-refractivity contribution < 1.29 is 0 Å². The van der Waals surface area contributed by atoms with Gasteiger partial charge in [0.2, 0.25) is 0 Å². The molecule has 4 rings (SSSR count). The molecule has 0 saturated carbocycles. The Bertz CT molecular complexity index is 1090. The van der Waals surface area contributed by atoms with Gasteiger partial charge in [-0.05, 0) is 42.0 Å². The number of aromatic nitrogens is 3. The Morgan fingerprint density at radius 2 is 1.36 bits per heavy atom. The number of benzene rings is 3. The molecule has 0 saturated heterocycles. The normalized spacial score (nSPS) is 11.0. The third kappa shape index (κ3) is 3.91. The number of para-hydroxylation sites is 1. The van der Waals surface area contributed by atoms with E-state index in [0.29, 0.717) is 26.6 Å². The number of hydrogen-bond acceptors (Lipinski definition) is 3. The second-order valence-electron chi connectivity index (χ2n) is 5.95. The molecule has 0 amide bonds. The van der Waals surface area contributed by atoms with Crippen molar-refractivity contribution in [2.75, 3.05) is 0 Å². The highest BCUT2D eigenvalue weighted by atomic mass is 35.5. The minimum Gasteiger partial charge on any atom is -0.270 e. The van der Waals surface area contributed by atoms with Crippen LogP contribution in [0.4, 0.5) is 0 Å². The van der Waals surface area contributed by atoms with Crippen LogP contribution >= 0.6 is 46.6 Å². The van der Waals surface area contributed by atoms with E-state index in [9.17, 15) is 0 Å². The first-order chi connectivity index (χ1) is 13.6. The van der Waals surface area contributed by atoms with E-state index in [4.69, 9.17) is 34.8 Å². The summed E-state index contributed by atoms with van der Waals surface area (Å²) in [6.07, 6.45) is 0. The minimum absolute atomic E-state index is 0.575. The maximum atomic E-state index is 6.42. The Morgan fingerprint density at radius 1 is 0.714 bits per heavy atom. The quantitative estimate of drug-likeness (QED) is 0.304. The maximum Gasteiger partial charge on any atom is 0.196 e. The van der Waals surface area contributed by atoms with Gasteiger partial charge < -0.3 is 0 Å². The van der Waals surface area contributed by atoms with Gasteiger partial charge in [-0.25, -0.2) is 0 Å². The van der Waals surface area contributed by atoms with Crippen molar-refractivity contribution in [3.63, 3.8) is 0 Å². The fourth-order valence-electron chi connectivity index (χ4n) is 2.80. The fourth-order valence-corrected chi connectivity index (χ4v) is 4.71. The second kappa shape index (κ2) is 8.58. The third-order valence-corrected chi connectivity index (χ3v) is 6.16. The van der Waals surface area contributed by atoms with Gasteiger partial charge in [-0.3, -0.25) is 4.57 Å². The Hall–Kier alpha value is -1.98. The fraction of sp³-hybridized carbons (Fsp3) is 0.0476. The van der Waals surface area contributed by atoms with E-state index in [2.05, 4.69) is 10.2 Å². The molecule has 0 bridgehead atoms. The summed E-state index contributed by atoms with van der Waals surface area (Å²) in [6.45, 7) is 0. The van der Waals surface area contributed by atoms with Crippen LogP contribution in [0, 0.1) is 0 Å². The number of hydrogen-bond donors (Lipinski definition) is 0. The maximum absolute atomic E-state index is 6.42. The lowest BCUT2D eigenvalue weighted by atomic mass is 10.2. The number of thioether (sulfide) groups is 1. The Balaban J connectivity index is 1.77. The van der Waals surface area contributed by atoms with E-state index in [1.807, 2.05) is 77.4 Å². The Kier molecular flexibility index (Phi) is 5.93. The van der Waals surface area contributed by atoms with Crippen LogP contribution in [0.15, 0.2) is 78.0 Å². The van der Waals surface area contributed by atoms with Crippen LogP contribution in [0.2, 0.25) is 15.1 Å². The summed E-state index contributed by atoms with van der Waals surface area (Å²) in [7, 11) is 0. The zero-order valence-corrected chi connectivity index (χ0v) is 17.6. The highest BCUT2D eigenvalue weighted by Crippen LogP contribution is 2.35. The van der Waals surface area contributed by atoms with Crippen molar-refractivity contribution in [3.8, 4) is 17.1 Å². The predicted molar refractivity (Wildman–Crippen MR) is 118 cm³/mol. The molecular weight excluding hydrogens is 433 g/mol. The lowest BCUT2D eigenvalue weighted by Gasteiger charge is -2.12. The van der Waals surface area contributed by atoms with Crippen molar-refractivity contribution in [3.05, 3.63) is 93.4 Å². The van der Waals surface area contributed by atoms with Crippen LogP contribution in [0.3, 0.4) is 0 Å². The smallest absolute Gasteiger partial charge is 0.196 e. The summed E-state index contributed by atoms with van der Waals surface area (Å²) in [4.78, 5) is 0. The van der Waals surface area contributed by atoms with E-state index in [0.717, 1.165) is 22.0 Å². The summed E-state index contributed by atoms with van der Waals surface area (Å²) in [5.74, 6) is 1.26. The summed E-state index contributed by atoms with van der Waals surface area (Å²) in [5.41, 5.74) is 2.65. The Morgan fingerprint density at radius 3 is 2.07 bits per heavy atom. The zero-order chi connectivity index (χ0) is 19.5. The average Bonchev–Trinajstić information content (AvgIpc) is 3.12. The highest BCUT2D eigenvalue weighted by Gasteiger charge is 2.18.